The Hall–Kier alpha value is -0.610. The third kappa shape index (κ3) is 2.48. The highest BCUT2D eigenvalue weighted by molar-refractivity contribution is 7.80. The molecule has 0 radical (unpaired) electrons. The van der Waals surface area contributed by atoms with Crippen molar-refractivity contribution in [1.29, 1.82) is 0 Å². The quantitative estimate of drug-likeness (QED) is 0.690. The van der Waals surface area contributed by atoms with Crippen LogP contribution in [0.5, 0.6) is 0 Å². The Kier molecular flexibility index (Phi) is 2.84. The van der Waals surface area contributed by atoms with Gasteiger partial charge in [0.15, 0.2) is 5.11 Å². The number of nitrogens with two attached hydrogens (primary N) is 1. The van der Waals surface area contributed by atoms with E-state index in [-0.39, 0.29) is 6.04 Å². The lowest BCUT2D eigenvalue weighted by molar-refractivity contribution is 0.734. The van der Waals surface area contributed by atoms with Crippen molar-refractivity contribution in [3.8, 4) is 0 Å². The van der Waals surface area contributed by atoms with Crippen molar-refractivity contribution in [2.75, 3.05) is 0 Å². The molecule has 0 aliphatic rings. The maximum Gasteiger partial charge on any atom is 0.164 e. The fourth-order valence-electron chi connectivity index (χ4n) is 0.822. The fraction of sp³-hybridized carbons (Fsp3) is 0.286. The SMILES string of the molecule is CC(NC(N)=S)c1cccs1. The van der Waals surface area contributed by atoms with Gasteiger partial charge in [0.2, 0.25) is 0 Å². The molecular formula is C7H10N2S2. The second-order valence-electron chi connectivity index (χ2n) is 2.25. The van der Waals surface area contributed by atoms with Gasteiger partial charge >= 0.3 is 0 Å². The Morgan fingerprint density at radius 3 is 3.00 bits per heavy atom. The molecule has 0 saturated heterocycles. The summed E-state index contributed by atoms with van der Waals surface area (Å²) in [5.74, 6) is 0. The summed E-state index contributed by atoms with van der Waals surface area (Å²) in [4.78, 5) is 1.25. The summed E-state index contributed by atoms with van der Waals surface area (Å²) in [6.07, 6.45) is 0. The molecule has 0 spiro atoms. The zero-order valence-electron chi connectivity index (χ0n) is 6.20. The zero-order chi connectivity index (χ0) is 8.27. The molecule has 1 rings (SSSR count). The van der Waals surface area contributed by atoms with E-state index in [1.54, 1.807) is 11.3 Å². The second kappa shape index (κ2) is 3.69. The molecule has 60 valence electrons. The number of rotatable bonds is 2. The summed E-state index contributed by atoms with van der Waals surface area (Å²) in [6, 6.07) is 4.30. The first-order chi connectivity index (χ1) is 5.20. The Balaban J connectivity index is 2.56. The van der Waals surface area contributed by atoms with E-state index in [1.807, 2.05) is 18.4 Å². The first-order valence-corrected chi connectivity index (χ1v) is 4.58. The first kappa shape index (κ1) is 8.49. The number of thiocarbonyl (C=S) groups is 1. The van der Waals surface area contributed by atoms with Gasteiger partial charge in [-0.2, -0.15) is 0 Å². The smallest absolute Gasteiger partial charge is 0.164 e. The molecule has 2 nitrogen and oxygen atoms in total. The van der Waals surface area contributed by atoms with Crippen molar-refractivity contribution < 1.29 is 0 Å². The van der Waals surface area contributed by atoms with Crippen LogP contribution in [0.3, 0.4) is 0 Å². The predicted molar refractivity (Wildman–Crippen MR) is 52.7 cm³/mol. The molecule has 1 heterocycles. The minimum atomic E-state index is 0.229. The highest BCUT2D eigenvalue weighted by Gasteiger charge is 2.04. The van der Waals surface area contributed by atoms with Crippen molar-refractivity contribution in [1.82, 2.24) is 5.32 Å². The monoisotopic (exact) mass is 186 g/mol. The van der Waals surface area contributed by atoms with Crippen molar-refractivity contribution >= 4 is 28.7 Å². The van der Waals surface area contributed by atoms with Crippen molar-refractivity contribution in [3.63, 3.8) is 0 Å². The van der Waals surface area contributed by atoms with Crippen LogP contribution in [0.25, 0.3) is 0 Å². The van der Waals surface area contributed by atoms with Crippen LogP contribution in [0.1, 0.15) is 17.8 Å². The van der Waals surface area contributed by atoms with Crippen LogP contribution in [-0.2, 0) is 0 Å². The standard InChI is InChI=1S/C7H10N2S2/c1-5(9-7(8)10)6-3-2-4-11-6/h2-5H,1H3,(H3,8,9,10). The molecule has 0 aliphatic heterocycles. The highest BCUT2D eigenvalue weighted by atomic mass is 32.1. The van der Waals surface area contributed by atoms with E-state index in [4.69, 9.17) is 18.0 Å². The maximum atomic E-state index is 5.32. The molecule has 3 N–H and O–H groups in total. The normalized spacial score (nSPS) is 12.5. The van der Waals surface area contributed by atoms with Gasteiger partial charge in [-0.3, -0.25) is 0 Å². The fourth-order valence-corrected chi connectivity index (χ4v) is 1.73. The van der Waals surface area contributed by atoms with Crippen molar-refractivity contribution in [2.45, 2.75) is 13.0 Å². The van der Waals surface area contributed by atoms with E-state index in [0.29, 0.717) is 5.11 Å². The molecule has 11 heavy (non-hydrogen) atoms. The molecule has 1 unspecified atom stereocenters. The highest BCUT2D eigenvalue weighted by Crippen LogP contribution is 2.17. The number of nitrogens with one attached hydrogen (secondary N) is 1. The van der Waals surface area contributed by atoms with E-state index in [2.05, 4.69) is 11.4 Å². The third-order valence-corrected chi connectivity index (χ3v) is 2.50. The summed E-state index contributed by atoms with van der Waals surface area (Å²) in [5.41, 5.74) is 5.32. The Bertz CT molecular complexity index is 231. The van der Waals surface area contributed by atoms with Gasteiger partial charge in [-0.15, -0.1) is 11.3 Å². The minimum Gasteiger partial charge on any atom is -0.376 e. The first-order valence-electron chi connectivity index (χ1n) is 3.29. The zero-order valence-corrected chi connectivity index (χ0v) is 7.84. The minimum absolute atomic E-state index is 0.229. The van der Waals surface area contributed by atoms with E-state index in [0.717, 1.165) is 0 Å². The van der Waals surface area contributed by atoms with E-state index >= 15 is 0 Å². The lowest BCUT2D eigenvalue weighted by atomic mass is 10.3. The van der Waals surface area contributed by atoms with Gasteiger partial charge in [0, 0.05) is 4.88 Å². The molecule has 1 aromatic heterocycles. The summed E-state index contributed by atoms with van der Waals surface area (Å²) >= 11 is 6.41. The number of hydrogen-bond donors (Lipinski definition) is 2. The maximum absolute atomic E-state index is 5.32. The predicted octanol–water partition coefficient (Wildman–Crippen LogP) is 1.64. The summed E-state index contributed by atoms with van der Waals surface area (Å²) in [7, 11) is 0. The molecule has 1 atom stereocenters. The molecule has 1 aromatic rings. The molecule has 0 bridgehead atoms. The Morgan fingerprint density at radius 2 is 2.55 bits per heavy atom. The van der Waals surface area contributed by atoms with E-state index in [1.165, 1.54) is 4.88 Å². The lowest BCUT2D eigenvalue weighted by Gasteiger charge is -2.10. The number of thiophene rings is 1. The molecule has 0 aromatic carbocycles. The molecule has 0 aliphatic carbocycles. The Labute approximate surface area is 75.4 Å². The number of hydrogen-bond acceptors (Lipinski definition) is 2. The lowest BCUT2D eigenvalue weighted by Crippen LogP contribution is -2.30. The topological polar surface area (TPSA) is 38.0 Å². The summed E-state index contributed by atoms with van der Waals surface area (Å²) < 4.78 is 0. The molecule has 0 saturated carbocycles. The van der Waals surface area contributed by atoms with Crippen LogP contribution in [0.15, 0.2) is 17.5 Å². The molecule has 0 fully saturated rings. The van der Waals surface area contributed by atoms with Crippen LogP contribution < -0.4 is 11.1 Å². The van der Waals surface area contributed by atoms with Crippen molar-refractivity contribution in [3.05, 3.63) is 22.4 Å². The van der Waals surface area contributed by atoms with Crippen molar-refractivity contribution in [2.24, 2.45) is 5.73 Å². The van der Waals surface area contributed by atoms with Crippen LogP contribution in [0, 0.1) is 0 Å². The van der Waals surface area contributed by atoms with Gasteiger partial charge in [-0.05, 0) is 30.6 Å². The average Bonchev–Trinajstić information content (AvgIpc) is 2.35. The Morgan fingerprint density at radius 1 is 1.82 bits per heavy atom. The van der Waals surface area contributed by atoms with Gasteiger partial charge in [-0.25, -0.2) is 0 Å². The van der Waals surface area contributed by atoms with Gasteiger partial charge in [0.1, 0.15) is 0 Å². The molecule has 0 amide bonds. The van der Waals surface area contributed by atoms with E-state index < -0.39 is 0 Å². The summed E-state index contributed by atoms with van der Waals surface area (Å²) in [6.45, 7) is 2.03. The van der Waals surface area contributed by atoms with Crippen LogP contribution in [0.4, 0.5) is 0 Å². The largest absolute Gasteiger partial charge is 0.376 e. The van der Waals surface area contributed by atoms with Crippen LogP contribution >= 0.6 is 23.6 Å². The summed E-state index contributed by atoms with van der Waals surface area (Å²) in [5, 5.41) is 5.35. The molecule has 4 heteroatoms. The average molecular weight is 186 g/mol. The molecular weight excluding hydrogens is 176 g/mol. The van der Waals surface area contributed by atoms with E-state index in [9.17, 15) is 0 Å². The van der Waals surface area contributed by atoms with Crippen LogP contribution in [-0.4, -0.2) is 5.11 Å². The second-order valence-corrected chi connectivity index (χ2v) is 3.66. The van der Waals surface area contributed by atoms with Gasteiger partial charge in [-0.1, -0.05) is 6.07 Å². The van der Waals surface area contributed by atoms with Gasteiger partial charge in [0.25, 0.3) is 0 Å². The van der Waals surface area contributed by atoms with Gasteiger partial charge in [0.05, 0.1) is 6.04 Å². The third-order valence-electron chi connectivity index (χ3n) is 1.33. The van der Waals surface area contributed by atoms with Gasteiger partial charge < -0.3 is 11.1 Å². The van der Waals surface area contributed by atoms with Crippen LogP contribution in [0.2, 0.25) is 0 Å².